The summed E-state index contributed by atoms with van der Waals surface area (Å²) in [5.41, 5.74) is 0.996. The minimum absolute atomic E-state index is 0.0510. The Morgan fingerprint density at radius 1 is 1.18 bits per heavy atom. The largest absolute Gasteiger partial charge is 0.310 e. The fourth-order valence-corrected chi connectivity index (χ4v) is 1.74. The minimum atomic E-state index is -0.0510. The van der Waals surface area contributed by atoms with Crippen LogP contribution in [0.2, 0.25) is 0 Å². The number of aromatic nitrogens is 1. The fraction of sp³-hybridized carbons (Fsp3) is 0.0769. The lowest BCUT2D eigenvalue weighted by Crippen LogP contribution is -2.15. The third-order valence-corrected chi connectivity index (χ3v) is 2.84. The first-order valence-electron chi connectivity index (χ1n) is 5.19. The molecule has 0 aliphatic rings. The Hall–Kier alpha value is -1.43. The van der Waals surface area contributed by atoms with Gasteiger partial charge in [0, 0.05) is 9.77 Å². The van der Waals surface area contributed by atoms with Gasteiger partial charge in [0.05, 0.1) is 6.42 Å². The Morgan fingerprint density at radius 2 is 1.94 bits per heavy atom. The van der Waals surface area contributed by atoms with Gasteiger partial charge in [-0.05, 0) is 40.3 Å². The molecule has 1 heterocycles. The molecule has 0 radical (unpaired) electrons. The Morgan fingerprint density at radius 3 is 2.59 bits per heavy atom. The first-order chi connectivity index (χ1) is 8.24. The zero-order valence-electron chi connectivity index (χ0n) is 9.06. The summed E-state index contributed by atoms with van der Waals surface area (Å²) < 4.78 is 1.05. The number of amides is 1. The molecule has 0 spiro atoms. The normalized spacial score (nSPS) is 9.94. The molecule has 0 atom stereocenters. The second-order valence-electron chi connectivity index (χ2n) is 3.57. The lowest BCUT2D eigenvalue weighted by molar-refractivity contribution is -0.115. The lowest BCUT2D eigenvalue weighted by atomic mass is 10.1. The number of halogens is 1. The van der Waals surface area contributed by atoms with Crippen LogP contribution in [0.1, 0.15) is 5.56 Å². The molecule has 0 saturated carbocycles. The minimum Gasteiger partial charge on any atom is -0.310 e. The average Bonchev–Trinajstić information content (AvgIpc) is 2.33. The third-order valence-electron chi connectivity index (χ3n) is 2.20. The summed E-state index contributed by atoms with van der Waals surface area (Å²) >= 11 is 2.17. The van der Waals surface area contributed by atoms with E-state index in [0.717, 1.165) is 9.13 Å². The van der Waals surface area contributed by atoms with Crippen LogP contribution in [0.5, 0.6) is 0 Å². The Bertz CT molecular complexity index is 497. The number of rotatable bonds is 3. The SMILES string of the molecule is O=C(Cc1ccccc1)Nc1ccc(I)cn1. The number of hydrogen-bond donors (Lipinski definition) is 1. The molecule has 0 aliphatic heterocycles. The van der Waals surface area contributed by atoms with Gasteiger partial charge in [-0.25, -0.2) is 4.98 Å². The molecular formula is C13H11IN2O. The van der Waals surface area contributed by atoms with Crippen LogP contribution in [-0.4, -0.2) is 10.9 Å². The van der Waals surface area contributed by atoms with Crippen LogP contribution in [0.25, 0.3) is 0 Å². The summed E-state index contributed by atoms with van der Waals surface area (Å²) in [7, 11) is 0. The van der Waals surface area contributed by atoms with Crippen LogP contribution in [0, 0.1) is 3.57 Å². The van der Waals surface area contributed by atoms with E-state index in [9.17, 15) is 4.79 Å². The van der Waals surface area contributed by atoms with Crippen LogP contribution < -0.4 is 5.32 Å². The van der Waals surface area contributed by atoms with Crippen molar-refractivity contribution in [3.8, 4) is 0 Å². The topological polar surface area (TPSA) is 42.0 Å². The van der Waals surface area contributed by atoms with Gasteiger partial charge in [-0.3, -0.25) is 4.79 Å². The molecule has 1 aromatic heterocycles. The molecule has 0 unspecified atom stereocenters. The van der Waals surface area contributed by atoms with Crippen molar-refractivity contribution in [3.63, 3.8) is 0 Å². The maximum Gasteiger partial charge on any atom is 0.229 e. The van der Waals surface area contributed by atoms with Crippen molar-refractivity contribution in [2.24, 2.45) is 0 Å². The molecular weight excluding hydrogens is 327 g/mol. The fourth-order valence-electron chi connectivity index (χ4n) is 1.42. The highest BCUT2D eigenvalue weighted by Gasteiger charge is 2.04. The van der Waals surface area contributed by atoms with Gasteiger partial charge in [0.15, 0.2) is 0 Å². The molecule has 0 saturated heterocycles. The quantitative estimate of drug-likeness (QED) is 0.875. The molecule has 1 amide bonds. The van der Waals surface area contributed by atoms with E-state index >= 15 is 0 Å². The van der Waals surface area contributed by atoms with E-state index in [1.165, 1.54) is 0 Å². The van der Waals surface area contributed by atoms with Crippen molar-refractivity contribution in [3.05, 3.63) is 57.8 Å². The maximum absolute atomic E-state index is 11.7. The van der Waals surface area contributed by atoms with Crippen molar-refractivity contribution in [2.45, 2.75) is 6.42 Å². The van der Waals surface area contributed by atoms with Gasteiger partial charge < -0.3 is 5.32 Å². The molecule has 0 fully saturated rings. The van der Waals surface area contributed by atoms with Gasteiger partial charge in [-0.1, -0.05) is 30.3 Å². The van der Waals surface area contributed by atoms with Crippen molar-refractivity contribution in [1.82, 2.24) is 4.98 Å². The first-order valence-corrected chi connectivity index (χ1v) is 6.27. The summed E-state index contributed by atoms with van der Waals surface area (Å²) in [5.74, 6) is 0.538. The number of pyridine rings is 1. The van der Waals surface area contributed by atoms with E-state index in [1.54, 1.807) is 12.3 Å². The predicted octanol–water partition coefficient (Wildman–Crippen LogP) is 2.87. The van der Waals surface area contributed by atoms with Crippen LogP contribution >= 0.6 is 22.6 Å². The van der Waals surface area contributed by atoms with E-state index in [4.69, 9.17) is 0 Å². The highest BCUT2D eigenvalue weighted by atomic mass is 127. The van der Waals surface area contributed by atoms with Crippen molar-refractivity contribution >= 4 is 34.3 Å². The highest BCUT2D eigenvalue weighted by Crippen LogP contribution is 2.08. The number of carbonyl (C=O) groups excluding carboxylic acids is 1. The summed E-state index contributed by atoms with van der Waals surface area (Å²) in [4.78, 5) is 15.8. The summed E-state index contributed by atoms with van der Waals surface area (Å²) in [6.45, 7) is 0. The van der Waals surface area contributed by atoms with Gasteiger partial charge in [-0.2, -0.15) is 0 Å². The molecule has 3 nitrogen and oxygen atoms in total. The molecule has 0 bridgehead atoms. The van der Waals surface area contributed by atoms with Crippen LogP contribution in [-0.2, 0) is 11.2 Å². The van der Waals surface area contributed by atoms with Crippen molar-refractivity contribution < 1.29 is 4.79 Å². The molecule has 1 aromatic carbocycles. The second kappa shape index (κ2) is 5.77. The molecule has 0 aliphatic carbocycles. The predicted molar refractivity (Wildman–Crippen MR) is 75.7 cm³/mol. The summed E-state index contributed by atoms with van der Waals surface area (Å²) in [5, 5.41) is 2.76. The third kappa shape index (κ3) is 3.81. The van der Waals surface area contributed by atoms with E-state index in [-0.39, 0.29) is 5.91 Å². The molecule has 17 heavy (non-hydrogen) atoms. The number of benzene rings is 1. The number of carbonyl (C=O) groups is 1. The van der Waals surface area contributed by atoms with Gasteiger partial charge >= 0.3 is 0 Å². The smallest absolute Gasteiger partial charge is 0.229 e. The van der Waals surface area contributed by atoms with Crippen LogP contribution in [0.3, 0.4) is 0 Å². The maximum atomic E-state index is 11.7. The van der Waals surface area contributed by atoms with Gasteiger partial charge in [-0.15, -0.1) is 0 Å². The van der Waals surface area contributed by atoms with E-state index in [1.807, 2.05) is 36.4 Å². The molecule has 1 N–H and O–H groups in total. The Kier molecular flexibility index (Phi) is 4.08. The van der Waals surface area contributed by atoms with E-state index in [2.05, 4.69) is 32.9 Å². The lowest BCUT2D eigenvalue weighted by Gasteiger charge is -2.04. The van der Waals surface area contributed by atoms with E-state index in [0.29, 0.717) is 12.2 Å². The second-order valence-corrected chi connectivity index (χ2v) is 4.82. The molecule has 4 heteroatoms. The van der Waals surface area contributed by atoms with Gasteiger partial charge in [0.1, 0.15) is 5.82 Å². The van der Waals surface area contributed by atoms with Crippen LogP contribution in [0.15, 0.2) is 48.7 Å². The molecule has 86 valence electrons. The van der Waals surface area contributed by atoms with Crippen molar-refractivity contribution in [1.29, 1.82) is 0 Å². The number of nitrogens with zero attached hydrogens (tertiary/aromatic N) is 1. The highest BCUT2D eigenvalue weighted by molar-refractivity contribution is 14.1. The van der Waals surface area contributed by atoms with Gasteiger partial charge in [0.25, 0.3) is 0 Å². The monoisotopic (exact) mass is 338 g/mol. The summed E-state index contributed by atoms with van der Waals surface area (Å²) in [6, 6.07) is 13.3. The first kappa shape index (κ1) is 12.0. The van der Waals surface area contributed by atoms with Gasteiger partial charge in [0.2, 0.25) is 5.91 Å². The van der Waals surface area contributed by atoms with Crippen LogP contribution in [0.4, 0.5) is 5.82 Å². The number of hydrogen-bond acceptors (Lipinski definition) is 2. The summed E-state index contributed by atoms with van der Waals surface area (Å²) in [6.07, 6.45) is 2.09. The van der Waals surface area contributed by atoms with E-state index < -0.39 is 0 Å². The molecule has 2 aromatic rings. The Labute approximate surface area is 113 Å². The van der Waals surface area contributed by atoms with Crippen molar-refractivity contribution in [2.75, 3.05) is 5.32 Å². The zero-order chi connectivity index (χ0) is 12.1. The Balaban J connectivity index is 1.96. The molecule has 2 rings (SSSR count). The number of anilines is 1. The standard InChI is InChI=1S/C13H11IN2O/c14-11-6-7-12(15-9-11)16-13(17)8-10-4-2-1-3-5-10/h1-7,9H,8H2,(H,15,16,17). The number of nitrogens with one attached hydrogen (secondary N) is 1. The zero-order valence-corrected chi connectivity index (χ0v) is 11.2. The average molecular weight is 338 g/mol.